The summed E-state index contributed by atoms with van der Waals surface area (Å²) in [5.74, 6) is 1.34. The second-order valence-corrected chi connectivity index (χ2v) is 8.82. The molecule has 0 saturated carbocycles. The Hall–Kier alpha value is -4.46. The minimum atomic E-state index is -0.570. The molecule has 2 amide bonds. The summed E-state index contributed by atoms with van der Waals surface area (Å²) in [6.07, 6.45) is 1.51. The minimum Gasteiger partial charge on any atom is -0.457 e. The number of amides is 2. The van der Waals surface area contributed by atoms with Crippen molar-refractivity contribution >= 4 is 52.5 Å². The molecule has 1 N–H and O–H groups in total. The zero-order valence-corrected chi connectivity index (χ0v) is 20.8. The van der Waals surface area contributed by atoms with E-state index in [4.69, 9.17) is 33.3 Å². The van der Waals surface area contributed by atoms with Gasteiger partial charge in [0.2, 0.25) is 0 Å². The number of halogens is 1. The number of nitrogens with zero attached hydrogens (tertiary/aromatic N) is 1. The maximum Gasteiger partial charge on any atom is 0.270 e. The zero-order valence-electron chi connectivity index (χ0n) is 19.3. The molecule has 0 spiro atoms. The van der Waals surface area contributed by atoms with Crippen LogP contribution in [0.4, 0.5) is 5.69 Å². The van der Waals surface area contributed by atoms with Gasteiger partial charge in [0.05, 0.1) is 5.69 Å². The molecule has 0 aromatic heterocycles. The van der Waals surface area contributed by atoms with Crippen LogP contribution in [-0.4, -0.2) is 16.9 Å². The normalized spacial score (nSPS) is 14.5. The van der Waals surface area contributed by atoms with E-state index in [0.717, 1.165) is 0 Å². The minimum absolute atomic E-state index is 0.00343. The number of nitrogens with one attached hydrogen (secondary N) is 1. The fourth-order valence-electron chi connectivity index (χ4n) is 3.65. The fraction of sp³-hybridized carbons (Fsp3) is 0. The Kier molecular flexibility index (Phi) is 6.98. The summed E-state index contributed by atoms with van der Waals surface area (Å²) in [6.45, 7) is 0. The maximum absolute atomic E-state index is 13.4. The highest BCUT2D eigenvalue weighted by Crippen LogP contribution is 2.28. The Morgan fingerprint density at radius 1 is 0.730 bits per heavy atom. The Bertz CT molecular complexity index is 1500. The third-order valence-electron chi connectivity index (χ3n) is 5.39. The molecule has 0 radical (unpaired) electrons. The molecular formula is C29H19ClN2O4S. The van der Waals surface area contributed by atoms with Crippen LogP contribution in [-0.2, 0) is 9.59 Å². The van der Waals surface area contributed by atoms with E-state index in [1.54, 1.807) is 72.8 Å². The molecule has 0 bridgehead atoms. The van der Waals surface area contributed by atoms with Crippen LogP contribution in [0.5, 0.6) is 23.0 Å². The maximum atomic E-state index is 13.4. The largest absolute Gasteiger partial charge is 0.457 e. The molecule has 1 heterocycles. The predicted molar refractivity (Wildman–Crippen MR) is 147 cm³/mol. The number of para-hydroxylation sites is 1. The number of rotatable bonds is 6. The molecule has 5 rings (SSSR count). The lowest BCUT2D eigenvalue weighted by molar-refractivity contribution is -0.122. The van der Waals surface area contributed by atoms with Gasteiger partial charge in [-0.15, -0.1) is 0 Å². The van der Waals surface area contributed by atoms with E-state index in [0.29, 0.717) is 39.3 Å². The van der Waals surface area contributed by atoms with E-state index in [1.807, 2.05) is 30.3 Å². The monoisotopic (exact) mass is 526 g/mol. The lowest BCUT2D eigenvalue weighted by Gasteiger charge is -2.29. The summed E-state index contributed by atoms with van der Waals surface area (Å²) in [5, 5.41) is 3.21. The highest BCUT2D eigenvalue weighted by Gasteiger charge is 2.34. The average Bonchev–Trinajstić information content (AvgIpc) is 2.90. The van der Waals surface area contributed by atoms with Crippen molar-refractivity contribution in [1.82, 2.24) is 5.32 Å². The number of hydrogen-bond acceptors (Lipinski definition) is 5. The van der Waals surface area contributed by atoms with E-state index in [2.05, 4.69) is 5.32 Å². The van der Waals surface area contributed by atoms with Crippen molar-refractivity contribution in [3.63, 3.8) is 0 Å². The molecular weight excluding hydrogens is 508 g/mol. The van der Waals surface area contributed by atoms with Gasteiger partial charge in [-0.25, -0.2) is 0 Å². The Morgan fingerprint density at radius 3 is 2.03 bits per heavy atom. The van der Waals surface area contributed by atoms with Crippen molar-refractivity contribution in [3.05, 3.63) is 119 Å². The first-order valence-corrected chi connectivity index (χ1v) is 12.0. The van der Waals surface area contributed by atoms with E-state index in [-0.39, 0.29) is 10.7 Å². The molecule has 0 aliphatic carbocycles. The van der Waals surface area contributed by atoms with Gasteiger partial charge >= 0.3 is 0 Å². The third kappa shape index (κ3) is 5.69. The smallest absolute Gasteiger partial charge is 0.270 e. The molecule has 0 unspecified atom stereocenters. The van der Waals surface area contributed by atoms with Crippen molar-refractivity contribution in [3.8, 4) is 23.0 Å². The first-order valence-electron chi connectivity index (χ1n) is 11.2. The van der Waals surface area contributed by atoms with Gasteiger partial charge in [0, 0.05) is 5.02 Å². The van der Waals surface area contributed by atoms with Crippen molar-refractivity contribution < 1.29 is 19.1 Å². The second-order valence-electron chi connectivity index (χ2n) is 8.00. The van der Waals surface area contributed by atoms with E-state index in [1.165, 1.54) is 11.0 Å². The van der Waals surface area contributed by atoms with E-state index < -0.39 is 11.8 Å². The summed E-state index contributed by atoms with van der Waals surface area (Å²) in [5.41, 5.74) is 1.06. The summed E-state index contributed by atoms with van der Waals surface area (Å²) >= 11 is 11.2. The second kappa shape index (κ2) is 10.7. The van der Waals surface area contributed by atoms with Crippen LogP contribution in [0.15, 0.2) is 109 Å². The summed E-state index contributed by atoms with van der Waals surface area (Å²) < 4.78 is 11.7. The standard InChI is InChI=1S/C29H19ClN2O4S/c30-20-9-13-23(14-10-20)36-25-8-4-5-19(17-25)18-26-27(33)31-29(37)32(28(26)34)21-11-15-24(16-12-21)35-22-6-2-1-3-7-22/h1-18H,(H,31,33,37). The number of carbonyl (C=O) groups excluding carboxylic acids is 2. The van der Waals surface area contributed by atoms with Crippen LogP contribution in [0.1, 0.15) is 5.56 Å². The number of carbonyl (C=O) groups is 2. The molecule has 1 aliphatic heterocycles. The van der Waals surface area contributed by atoms with Gasteiger partial charge < -0.3 is 9.47 Å². The first-order chi connectivity index (χ1) is 18.0. The number of thiocarbonyl (C=S) groups is 1. The van der Waals surface area contributed by atoms with Crippen molar-refractivity contribution in [1.29, 1.82) is 0 Å². The van der Waals surface area contributed by atoms with Gasteiger partial charge in [0.25, 0.3) is 11.8 Å². The number of hydrogen-bond donors (Lipinski definition) is 1. The Morgan fingerprint density at radius 2 is 1.32 bits per heavy atom. The van der Waals surface area contributed by atoms with Gasteiger partial charge in [-0.2, -0.15) is 0 Å². The topological polar surface area (TPSA) is 67.9 Å². The van der Waals surface area contributed by atoms with Gasteiger partial charge in [-0.3, -0.25) is 19.8 Å². The lowest BCUT2D eigenvalue weighted by Crippen LogP contribution is -2.54. The quantitative estimate of drug-likeness (QED) is 0.171. The zero-order chi connectivity index (χ0) is 25.8. The van der Waals surface area contributed by atoms with Gasteiger partial charge in [0.15, 0.2) is 5.11 Å². The molecule has 4 aromatic carbocycles. The fourth-order valence-corrected chi connectivity index (χ4v) is 4.06. The Balaban J connectivity index is 1.37. The van der Waals surface area contributed by atoms with Crippen LogP contribution in [0.2, 0.25) is 5.02 Å². The van der Waals surface area contributed by atoms with E-state index in [9.17, 15) is 9.59 Å². The Labute approximate surface area is 223 Å². The van der Waals surface area contributed by atoms with Crippen LogP contribution in [0, 0.1) is 0 Å². The van der Waals surface area contributed by atoms with Gasteiger partial charge in [-0.05, 0) is 96.7 Å². The first kappa shape index (κ1) is 24.2. The molecule has 1 fully saturated rings. The van der Waals surface area contributed by atoms with E-state index >= 15 is 0 Å². The predicted octanol–water partition coefficient (Wildman–Crippen LogP) is 6.76. The number of anilines is 1. The SMILES string of the molecule is O=C1NC(=S)N(c2ccc(Oc3ccccc3)cc2)C(=O)C1=Cc1cccc(Oc2ccc(Cl)cc2)c1. The molecule has 37 heavy (non-hydrogen) atoms. The van der Waals surface area contributed by atoms with Crippen molar-refractivity contribution in [2.24, 2.45) is 0 Å². The van der Waals surface area contributed by atoms with Crippen LogP contribution < -0.4 is 19.7 Å². The molecule has 0 atom stereocenters. The average molecular weight is 527 g/mol. The van der Waals surface area contributed by atoms with Gasteiger partial charge in [0.1, 0.15) is 28.6 Å². The molecule has 4 aromatic rings. The van der Waals surface area contributed by atoms with Crippen LogP contribution in [0.3, 0.4) is 0 Å². The molecule has 8 heteroatoms. The molecule has 1 saturated heterocycles. The molecule has 182 valence electrons. The highest BCUT2D eigenvalue weighted by atomic mass is 35.5. The number of ether oxygens (including phenoxy) is 2. The highest BCUT2D eigenvalue weighted by molar-refractivity contribution is 7.80. The molecule has 6 nitrogen and oxygen atoms in total. The lowest BCUT2D eigenvalue weighted by atomic mass is 10.1. The van der Waals surface area contributed by atoms with Crippen molar-refractivity contribution in [2.75, 3.05) is 4.90 Å². The third-order valence-corrected chi connectivity index (χ3v) is 5.93. The van der Waals surface area contributed by atoms with Crippen LogP contribution >= 0.6 is 23.8 Å². The van der Waals surface area contributed by atoms with Crippen molar-refractivity contribution in [2.45, 2.75) is 0 Å². The van der Waals surface area contributed by atoms with Crippen LogP contribution in [0.25, 0.3) is 6.08 Å². The van der Waals surface area contributed by atoms with Gasteiger partial charge in [-0.1, -0.05) is 41.9 Å². The summed E-state index contributed by atoms with van der Waals surface area (Å²) in [6, 6.07) is 30.2. The number of benzene rings is 4. The molecule has 1 aliphatic rings. The summed E-state index contributed by atoms with van der Waals surface area (Å²) in [4.78, 5) is 27.3. The summed E-state index contributed by atoms with van der Waals surface area (Å²) in [7, 11) is 0.